The zero-order valence-corrected chi connectivity index (χ0v) is 13.5. The first-order valence-electron chi connectivity index (χ1n) is 8.36. The van der Waals surface area contributed by atoms with Crippen molar-refractivity contribution in [3.8, 4) is 11.8 Å². The Morgan fingerprint density at radius 2 is 1.30 bits per heavy atom. The molecule has 2 heteroatoms. The Hall–Kier alpha value is -0.970. The highest BCUT2D eigenvalue weighted by Crippen LogP contribution is 2.09. The molecule has 0 aromatic carbocycles. The second-order valence-corrected chi connectivity index (χ2v) is 5.38. The number of hydrogen-bond acceptors (Lipinski definition) is 2. The van der Waals surface area contributed by atoms with Gasteiger partial charge in [0.25, 0.3) is 0 Å². The SMILES string of the molecule is CCCCC#CCCCCCCCCCCOC(C)=O. The van der Waals surface area contributed by atoms with Gasteiger partial charge in [-0.3, -0.25) is 4.79 Å². The maximum atomic E-state index is 10.5. The molecule has 0 spiro atoms. The number of rotatable bonds is 12. The molecule has 0 atom stereocenters. The fraction of sp³-hybridized carbons (Fsp3) is 0.833. The Morgan fingerprint density at radius 3 is 1.85 bits per heavy atom. The quantitative estimate of drug-likeness (QED) is 0.277. The highest BCUT2D eigenvalue weighted by Gasteiger charge is 1.94. The first-order valence-corrected chi connectivity index (χ1v) is 8.36. The summed E-state index contributed by atoms with van der Waals surface area (Å²) in [7, 11) is 0. The van der Waals surface area contributed by atoms with E-state index in [0.29, 0.717) is 6.61 Å². The van der Waals surface area contributed by atoms with E-state index in [-0.39, 0.29) is 5.97 Å². The van der Waals surface area contributed by atoms with Crippen LogP contribution in [0.4, 0.5) is 0 Å². The molecule has 0 saturated heterocycles. The predicted molar refractivity (Wildman–Crippen MR) is 85.5 cm³/mol. The van der Waals surface area contributed by atoms with E-state index in [9.17, 15) is 4.79 Å². The lowest BCUT2D eigenvalue weighted by molar-refractivity contribution is -0.141. The lowest BCUT2D eigenvalue weighted by Crippen LogP contribution is -2.00. The minimum atomic E-state index is -0.164. The average molecular weight is 280 g/mol. The van der Waals surface area contributed by atoms with Crippen molar-refractivity contribution in [1.82, 2.24) is 0 Å². The van der Waals surface area contributed by atoms with Crippen LogP contribution in [0.25, 0.3) is 0 Å². The summed E-state index contributed by atoms with van der Waals surface area (Å²) in [5.41, 5.74) is 0. The lowest BCUT2D eigenvalue weighted by atomic mass is 10.1. The Kier molecular flexibility index (Phi) is 15.3. The van der Waals surface area contributed by atoms with Gasteiger partial charge in [-0.05, 0) is 19.3 Å². The Labute approximate surface area is 125 Å². The summed E-state index contributed by atoms with van der Waals surface area (Å²) >= 11 is 0. The van der Waals surface area contributed by atoms with Gasteiger partial charge in [0.05, 0.1) is 6.61 Å². The molecule has 0 unspecified atom stereocenters. The zero-order valence-electron chi connectivity index (χ0n) is 13.5. The van der Waals surface area contributed by atoms with Crippen molar-refractivity contribution in [2.75, 3.05) is 6.61 Å². The van der Waals surface area contributed by atoms with Crippen LogP contribution >= 0.6 is 0 Å². The summed E-state index contributed by atoms with van der Waals surface area (Å²) in [4.78, 5) is 10.5. The summed E-state index contributed by atoms with van der Waals surface area (Å²) in [6, 6.07) is 0. The largest absolute Gasteiger partial charge is 0.466 e. The van der Waals surface area contributed by atoms with Crippen LogP contribution in [0.15, 0.2) is 0 Å². The Morgan fingerprint density at radius 1 is 0.800 bits per heavy atom. The van der Waals surface area contributed by atoms with Gasteiger partial charge < -0.3 is 4.74 Å². The molecule has 0 aliphatic carbocycles. The van der Waals surface area contributed by atoms with Gasteiger partial charge in [0.2, 0.25) is 0 Å². The van der Waals surface area contributed by atoms with Crippen molar-refractivity contribution in [2.24, 2.45) is 0 Å². The summed E-state index contributed by atoms with van der Waals surface area (Å²) in [5, 5.41) is 0. The Bertz CT molecular complexity index is 273. The molecule has 0 fully saturated rings. The van der Waals surface area contributed by atoms with E-state index in [2.05, 4.69) is 18.8 Å². The van der Waals surface area contributed by atoms with E-state index in [4.69, 9.17) is 4.74 Å². The molecule has 0 radical (unpaired) electrons. The third kappa shape index (κ3) is 17.0. The molecule has 0 aromatic rings. The van der Waals surface area contributed by atoms with Crippen LogP contribution in [0.2, 0.25) is 0 Å². The van der Waals surface area contributed by atoms with Crippen molar-refractivity contribution in [3.05, 3.63) is 0 Å². The molecule has 0 aromatic heterocycles. The van der Waals surface area contributed by atoms with Crippen molar-refractivity contribution in [3.63, 3.8) is 0 Å². The van der Waals surface area contributed by atoms with Crippen molar-refractivity contribution in [2.45, 2.75) is 90.9 Å². The standard InChI is InChI=1S/C18H32O2/c1-3-4-5-6-7-8-9-10-11-12-13-14-15-16-17-20-18(2)19/h3-5,8-17H2,1-2H3. The van der Waals surface area contributed by atoms with Gasteiger partial charge >= 0.3 is 5.97 Å². The second-order valence-electron chi connectivity index (χ2n) is 5.38. The highest BCUT2D eigenvalue weighted by atomic mass is 16.5. The summed E-state index contributed by atoms with van der Waals surface area (Å²) in [6.07, 6.45) is 14.6. The van der Waals surface area contributed by atoms with Crippen LogP contribution in [0, 0.1) is 11.8 Å². The van der Waals surface area contributed by atoms with Crippen LogP contribution in [-0.4, -0.2) is 12.6 Å². The van der Waals surface area contributed by atoms with Gasteiger partial charge in [0.15, 0.2) is 0 Å². The van der Waals surface area contributed by atoms with Gasteiger partial charge in [-0.15, -0.1) is 11.8 Å². The van der Waals surface area contributed by atoms with E-state index in [1.807, 2.05) is 0 Å². The molecule has 0 heterocycles. The van der Waals surface area contributed by atoms with E-state index < -0.39 is 0 Å². The molecule has 0 aliphatic rings. The third-order valence-corrected chi connectivity index (χ3v) is 3.28. The highest BCUT2D eigenvalue weighted by molar-refractivity contribution is 5.65. The molecular formula is C18H32O2. The van der Waals surface area contributed by atoms with Crippen LogP contribution < -0.4 is 0 Å². The molecule has 0 aliphatic heterocycles. The number of hydrogen-bond donors (Lipinski definition) is 0. The second kappa shape index (κ2) is 16.1. The first kappa shape index (κ1) is 19.0. The molecule has 2 nitrogen and oxygen atoms in total. The van der Waals surface area contributed by atoms with Crippen LogP contribution in [0.3, 0.4) is 0 Å². The molecule has 0 amide bonds. The first-order chi connectivity index (χ1) is 9.77. The topological polar surface area (TPSA) is 26.3 Å². The summed E-state index contributed by atoms with van der Waals surface area (Å²) in [5.74, 6) is 6.34. The number of esters is 1. The van der Waals surface area contributed by atoms with Crippen molar-refractivity contribution >= 4 is 5.97 Å². The lowest BCUT2D eigenvalue weighted by Gasteiger charge is -2.02. The van der Waals surface area contributed by atoms with E-state index in [1.165, 1.54) is 64.7 Å². The zero-order chi connectivity index (χ0) is 14.9. The molecule has 116 valence electrons. The number of unbranched alkanes of at least 4 members (excludes halogenated alkanes) is 10. The van der Waals surface area contributed by atoms with Gasteiger partial charge in [-0.25, -0.2) is 0 Å². The van der Waals surface area contributed by atoms with Crippen LogP contribution in [0.5, 0.6) is 0 Å². The average Bonchev–Trinajstić information content (AvgIpc) is 2.43. The fourth-order valence-electron chi connectivity index (χ4n) is 2.03. The molecule has 0 bridgehead atoms. The van der Waals surface area contributed by atoms with Gasteiger partial charge in [-0.2, -0.15) is 0 Å². The van der Waals surface area contributed by atoms with Crippen LogP contribution in [-0.2, 0) is 9.53 Å². The van der Waals surface area contributed by atoms with E-state index >= 15 is 0 Å². The van der Waals surface area contributed by atoms with Gasteiger partial charge in [-0.1, -0.05) is 51.9 Å². The monoisotopic (exact) mass is 280 g/mol. The smallest absolute Gasteiger partial charge is 0.302 e. The normalized spacial score (nSPS) is 9.90. The van der Waals surface area contributed by atoms with Crippen molar-refractivity contribution in [1.29, 1.82) is 0 Å². The van der Waals surface area contributed by atoms with E-state index in [0.717, 1.165) is 19.3 Å². The van der Waals surface area contributed by atoms with Gasteiger partial charge in [0, 0.05) is 19.8 Å². The predicted octanol–water partition coefficient (Wildman–Crippen LogP) is 5.25. The summed E-state index contributed by atoms with van der Waals surface area (Å²) in [6.45, 7) is 4.26. The third-order valence-electron chi connectivity index (χ3n) is 3.28. The Balaban J connectivity index is 3.05. The number of ether oxygens (including phenoxy) is 1. The number of carbonyl (C=O) groups is 1. The van der Waals surface area contributed by atoms with Gasteiger partial charge in [0.1, 0.15) is 0 Å². The minimum absolute atomic E-state index is 0.164. The number of carbonyl (C=O) groups excluding carboxylic acids is 1. The van der Waals surface area contributed by atoms with E-state index in [1.54, 1.807) is 0 Å². The maximum Gasteiger partial charge on any atom is 0.302 e. The fourth-order valence-corrected chi connectivity index (χ4v) is 2.03. The minimum Gasteiger partial charge on any atom is -0.466 e. The molecular weight excluding hydrogens is 248 g/mol. The van der Waals surface area contributed by atoms with Crippen LogP contribution in [0.1, 0.15) is 90.9 Å². The molecule has 20 heavy (non-hydrogen) atoms. The molecule has 0 N–H and O–H groups in total. The maximum absolute atomic E-state index is 10.5. The van der Waals surface area contributed by atoms with Crippen molar-refractivity contribution < 1.29 is 9.53 Å². The summed E-state index contributed by atoms with van der Waals surface area (Å²) < 4.78 is 4.90. The molecule has 0 saturated carbocycles. The molecule has 0 rings (SSSR count).